The second kappa shape index (κ2) is 7.30. The molecule has 1 amide bonds. The van der Waals surface area contributed by atoms with Crippen molar-refractivity contribution < 1.29 is 22.7 Å². The molecule has 25 heavy (non-hydrogen) atoms. The highest BCUT2D eigenvalue weighted by Gasteiger charge is 2.29. The van der Waals surface area contributed by atoms with Gasteiger partial charge >= 0.3 is 6.18 Å². The Morgan fingerprint density at radius 3 is 2.64 bits per heavy atom. The van der Waals surface area contributed by atoms with Crippen molar-refractivity contribution in [1.29, 1.82) is 0 Å². The lowest BCUT2D eigenvalue weighted by Crippen LogP contribution is -2.27. The van der Waals surface area contributed by atoms with E-state index in [1.54, 1.807) is 24.9 Å². The van der Waals surface area contributed by atoms with Crippen molar-refractivity contribution in [3.8, 4) is 5.88 Å². The molecular formula is C15H16ClF3N4O2. The van der Waals surface area contributed by atoms with E-state index < -0.39 is 18.7 Å². The molecule has 2 aromatic rings. The molecule has 1 atom stereocenters. The van der Waals surface area contributed by atoms with Crippen LogP contribution < -0.4 is 10.1 Å². The summed E-state index contributed by atoms with van der Waals surface area (Å²) < 4.78 is 42.6. The fourth-order valence-electron chi connectivity index (χ4n) is 2.10. The molecule has 0 saturated carbocycles. The molecule has 6 nitrogen and oxygen atoms in total. The number of nitrogens with one attached hydrogen (secondary N) is 1. The van der Waals surface area contributed by atoms with Crippen molar-refractivity contribution in [3.05, 3.63) is 40.3 Å². The van der Waals surface area contributed by atoms with Gasteiger partial charge in [-0.1, -0.05) is 11.6 Å². The molecule has 136 valence electrons. The average molecular weight is 377 g/mol. The number of alkyl halides is 3. The number of rotatable bonds is 5. The summed E-state index contributed by atoms with van der Waals surface area (Å²) in [5.41, 5.74) is 1.86. The van der Waals surface area contributed by atoms with Crippen molar-refractivity contribution in [2.24, 2.45) is 7.05 Å². The number of carbonyl (C=O) groups excluding carboxylic acids is 1. The quantitative estimate of drug-likeness (QED) is 0.870. The first-order valence-corrected chi connectivity index (χ1v) is 7.60. The van der Waals surface area contributed by atoms with Crippen molar-refractivity contribution >= 4 is 17.5 Å². The molecule has 10 heteroatoms. The van der Waals surface area contributed by atoms with Gasteiger partial charge in [-0.05, 0) is 19.9 Å². The Balaban J connectivity index is 2.07. The molecule has 0 fully saturated rings. The maximum absolute atomic E-state index is 12.3. The van der Waals surface area contributed by atoms with Crippen LogP contribution in [0.3, 0.4) is 0 Å². The first-order chi connectivity index (χ1) is 11.6. The molecule has 2 heterocycles. The second-order valence-corrected chi connectivity index (χ2v) is 5.83. The number of hydrogen-bond donors (Lipinski definition) is 1. The smallest absolute Gasteiger partial charge is 0.422 e. The number of halogens is 4. The number of aryl methyl sites for hydroxylation is 1. The van der Waals surface area contributed by atoms with E-state index in [1.807, 2.05) is 6.92 Å². The van der Waals surface area contributed by atoms with Gasteiger partial charge in [0.2, 0.25) is 5.88 Å². The summed E-state index contributed by atoms with van der Waals surface area (Å²) in [6.45, 7) is 2.15. The molecule has 0 unspecified atom stereocenters. The Labute approximate surface area is 146 Å². The van der Waals surface area contributed by atoms with Crippen LogP contribution in [0.15, 0.2) is 18.5 Å². The van der Waals surface area contributed by atoms with E-state index in [4.69, 9.17) is 11.6 Å². The number of ether oxygens (including phenoxy) is 1. The largest absolute Gasteiger partial charge is 0.467 e. The van der Waals surface area contributed by atoms with Gasteiger partial charge in [-0.3, -0.25) is 9.48 Å². The van der Waals surface area contributed by atoms with E-state index in [1.165, 1.54) is 6.07 Å². The van der Waals surface area contributed by atoms with E-state index in [2.05, 4.69) is 20.1 Å². The summed E-state index contributed by atoms with van der Waals surface area (Å²) in [7, 11) is 1.79. The van der Waals surface area contributed by atoms with E-state index in [0.29, 0.717) is 0 Å². The van der Waals surface area contributed by atoms with Gasteiger partial charge in [0.15, 0.2) is 6.61 Å². The Kier molecular flexibility index (Phi) is 5.56. The van der Waals surface area contributed by atoms with Crippen LogP contribution in [-0.4, -0.2) is 33.5 Å². The highest BCUT2D eigenvalue weighted by molar-refractivity contribution is 6.32. The molecule has 0 spiro atoms. The number of pyridine rings is 1. The molecule has 0 saturated heterocycles. The molecular weight excluding hydrogens is 361 g/mol. The Morgan fingerprint density at radius 1 is 1.44 bits per heavy atom. The predicted octanol–water partition coefficient (Wildman–Crippen LogP) is 3.21. The number of carbonyl (C=O) groups is 1. The van der Waals surface area contributed by atoms with Gasteiger partial charge in [0.25, 0.3) is 5.91 Å². The van der Waals surface area contributed by atoms with Gasteiger partial charge in [0.05, 0.1) is 17.8 Å². The first-order valence-electron chi connectivity index (χ1n) is 7.23. The molecule has 2 rings (SSSR count). The summed E-state index contributed by atoms with van der Waals surface area (Å²) in [5, 5.41) is 6.69. The minimum Gasteiger partial charge on any atom is -0.467 e. The zero-order chi connectivity index (χ0) is 18.8. The number of aromatic nitrogens is 3. The molecule has 0 aliphatic carbocycles. The van der Waals surface area contributed by atoms with Crippen LogP contribution in [0.25, 0.3) is 0 Å². The monoisotopic (exact) mass is 376 g/mol. The van der Waals surface area contributed by atoms with Crippen LogP contribution in [-0.2, 0) is 7.05 Å². The van der Waals surface area contributed by atoms with Crippen LogP contribution in [0.5, 0.6) is 5.88 Å². The van der Waals surface area contributed by atoms with Gasteiger partial charge in [-0.15, -0.1) is 0 Å². The summed E-state index contributed by atoms with van der Waals surface area (Å²) in [5.74, 6) is -0.848. The molecule has 0 bridgehead atoms. The van der Waals surface area contributed by atoms with Gasteiger partial charge < -0.3 is 10.1 Å². The van der Waals surface area contributed by atoms with Gasteiger partial charge in [0.1, 0.15) is 5.02 Å². The van der Waals surface area contributed by atoms with Crippen LogP contribution in [0.1, 0.15) is 34.6 Å². The molecule has 0 aliphatic heterocycles. The minimum absolute atomic E-state index is 0.109. The predicted molar refractivity (Wildman–Crippen MR) is 84.6 cm³/mol. The normalized spacial score (nSPS) is 12.8. The van der Waals surface area contributed by atoms with Crippen LogP contribution in [0, 0.1) is 6.92 Å². The third-order valence-corrected chi connectivity index (χ3v) is 3.80. The van der Waals surface area contributed by atoms with Gasteiger partial charge in [-0.25, -0.2) is 4.98 Å². The SMILES string of the molecule is Cc1c([C@@H](C)NC(=O)c2cnc(OCC(F)(F)F)c(Cl)c2)cnn1C. The lowest BCUT2D eigenvalue weighted by atomic mass is 10.1. The van der Waals surface area contributed by atoms with Crippen molar-refractivity contribution in [2.45, 2.75) is 26.1 Å². The number of nitrogens with zero attached hydrogens (tertiary/aromatic N) is 3. The van der Waals surface area contributed by atoms with Crippen LogP contribution >= 0.6 is 11.6 Å². The fraction of sp³-hybridized carbons (Fsp3) is 0.400. The first kappa shape index (κ1) is 19.0. The molecule has 0 radical (unpaired) electrons. The highest BCUT2D eigenvalue weighted by atomic mass is 35.5. The van der Waals surface area contributed by atoms with Gasteiger partial charge in [0, 0.05) is 24.5 Å². The standard InChI is InChI=1S/C15H16ClF3N4O2/c1-8(11-6-21-23(3)9(11)2)22-13(24)10-4-12(16)14(20-5-10)25-7-15(17,18)19/h4-6,8H,7H2,1-3H3,(H,22,24)/t8-/m1/s1. The van der Waals surface area contributed by atoms with Crippen LogP contribution in [0.2, 0.25) is 5.02 Å². The van der Waals surface area contributed by atoms with E-state index in [-0.39, 0.29) is 22.5 Å². The topological polar surface area (TPSA) is 69.0 Å². The molecule has 2 aromatic heterocycles. The maximum atomic E-state index is 12.3. The van der Waals surface area contributed by atoms with E-state index in [9.17, 15) is 18.0 Å². The Hall–Kier alpha value is -2.29. The van der Waals surface area contributed by atoms with E-state index >= 15 is 0 Å². The molecule has 0 aromatic carbocycles. The third kappa shape index (κ3) is 4.85. The van der Waals surface area contributed by atoms with Gasteiger partial charge in [-0.2, -0.15) is 18.3 Å². The average Bonchev–Trinajstić information content (AvgIpc) is 2.84. The maximum Gasteiger partial charge on any atom is 0.422 e. The zero-order valence-corrected chi connectivity index (χ0v) is 14.4. The van der Waals surface area contributed by atoms with E-state index in [0.717, 1.165) is 17.5 Å². The Morgan fingerprint density at radius 2 is 2.12 bits per heavy atom. The summed E-state index contributed by atoms with van der Waals surface area (Å²) in [6, 6.07) is 0.888. The lowest BCUT2D eigenvalue weighted by Gasteiger charge is -2.14. The minimum atomic E-state index is -4.50. The van der Waals surface area contributed by atoms with Crippen molar-refractivity contribution in [2.75, 3.05) is 6.61 Å². The number of amides is 1. The highest BCUT2D eigenvalue weighted by Crippen LogP contribution is 2.25. The van der Waals surface area contributed by atoms with Crippen molar-refractivity contribution in [3.63, 3.8) is 0 Å². The fourth-order valence-corrected chi connectivity index (χ4v) is 2.33. The van der Waals surface area contributed by atoms with Crippen molar-refractivity contribution in [1.82, 2.24) is 20.1 Å². The third-order valence-electron chi connectivity index (χ3n) is 3.53. The summed E-state index contributed by atoms with van der Waals surface area (Å²) in [4.78, 5) is 15.9. The second-order valence-electron chi connectivity index (χ2n) is 5.42. The molecule has 0 aliphatic rings. The summed E-state index contributed by atoms with van der Waals surface area (Å²) in [6.07, 6.45) is -1.74. The number of hydrogen-bond acceptors (Lipinski definition) is 4. The van der Waals surface area contributed by atoms with Crippen LogP contribution in [0.4, 0.5) is 13.2 Å². The summed E-state index contributed by atoms with van der Waals surface area (Å²) >= 11 is 5.84. The zero-order valence-electron chi connectivity index (χ0n) is 13.7. The Bertz CT molecular complexity index is 777. The lowest BCUT2D eigenvalue weighted by molar-refractivity contribution is -0.154. The molecule has 1 N–H and O–H groups in total.